The Balaban J connectivity index is 2.59. The maximum atomic E-state index is 9.21. The summed E-state index contributed by atoms with van der Waals surface area (Å²) in [5.74, 6) is 0. The van der Waals surface area contributed by atoms with Crippen molar-refractivity contribution in [1.29, 1.82) is 5.26 Å². The topological polar surface area (TPSA) is 56.0 Å². The molecule has 1 heterocycles. The number of likely N-dealkylation sites (N-methyl/N-ethyl adjacent to an activating group) is 1. The van der Waals surface area contributed by atoms with Gasteiger partial charge < -0.3 is 5.11 Å². The van der Waals surface area contributed by atoms with E-state index in [1.165, 1.54) is 11.3 Å². The monoisotopic (exact) mass is 182 g/mol. The molecule has 1 aromatic heterocycles. The van der Waals surface area contributed by atoms with Gasteiger partial charge in [0.15, 0.2) is 0 Å². The average molecular weight is 182 g/mol. The van der Waals surface area contributed by atoms with Crippen molar-refractivity contribution in [2.45, 2.75) is 12.6 Å². The van der Waals surface area contributed by atoms with Gasteiger partial charge in [-0.3, -0.25) is 5.32 Å². The smallest absolute Gasteiger partial charge is 0.110 e. The van der Waals surface area contributed by atoms with Gasteiger partial charge in [0.1, 0.15) is 17.2 Å². The first-order chi connectivity index (χ1) is 5.76. The third-order valence-corrected chi connectivity index (χ3v) is 2.51. The lowest BCUT2D eigenvalue weighted by Gasteiger charge is -2.05. The molecule has 1 atom stereocenters. The Labute approximate surface area is 75.3 Å². The summed E-state index contributed by atoms with van der Waals surface area (Å²) < 4.78 is 0. The normalized spacial score (nSPS) is 12.4. The van der Waals surface area contributed by atoms with Crippen LogP contribution in [0.15, 0.2) is 12.1 Å². The van der Waals surface area contributed by atoms with Crippen LogP contribution in [0.4, 0.5) is 0 Å². The van der Waals surface area contributed by atoms with Crippen LogP contribution in [0.1, 0.15) is 9.75 Å². The molecule has 2 N–H and O–H groups in total. The molecule has 64 valence electrons. The standard InChI is InChI=1S/C8H10N2OS/c1-10-8(11)4-6-2-3-7(5-9)12-6/h2-3,8,10-11H,4H2,1H3. The van der Waals surface area contributed by atoms with Crippen molar-refractivity contribution in [2.24, 2.45) is 0 Å². The fourth-order valence-electron chi connectivity index (χ4n) is 0.840. The van der Waals surface area contributed by atoms with Gasteiger partial charge in [0, 0.05) is 11.3 Å². The van der Waals surface area contributed by atoms with Crippen LogP contribution in [0.5, 0.6) is 0 Å². The Bertz CT molecular complexity index is 289. The Morgan fingerprint density at radius 2 is 2.50 bits per heavy atom. The predicted molar refractivity (Wildman–Crippen MR) is 47.8 cm³/mol. The highest BCUT2D eigenvalue weighted by molar-refractivity contribution is 7.12. The zero-order valence-electron chi connectivity index (χ0n) is 6.74. The number of thiophene rings is 1. The van der Waals surface area contributed by atoms with E-state index < -0.39 is 6.23 Å². The van der Waals surface area contributed by atoms with Gasteiger partial charge in [0.25, 0.3) is 0 Å². The van der Waals surface area contributed by atoms with Crippen molar-refractivity contribution < 1.29 is 5.11 Å². The number of nitrogens with one attached hydrogen (secondary N) is 1. The minimum atomic E-state index is -0.518. The molecule has 0 aliphatic rings. The lowest BCUT2D eigenvalue weighted by molar-refractivity contribution is 0.148. The van der Waals surface area contributed by atoms with Gasteiger partial charge in [0.05, 0.1) is 0 Å². The summed E-state index contributed by atoms with van der Waals surface area (Å²) >= 11 is 1.42. The molecular formula is C8H10N2OS. The molecule has 0 saturated heterocycles. The van der Waals surface area contributed by atoms with Crippen LogP contribution in [0, 0.1) is 11.3 Å². The maximum absolute atomic E-state index is 9.21. The van der Waals surface area contributed by atoms with E-state index in [1.807, 2.05) is 6.07 Å². The molecule has 12 heavy (non-hydrogen) atoms. The average Bonchev–Trinajstić information content (AvgIpc) is 2.52. The molecule has 0 aliphatic carbocycles. The zero-order valence-corrected chi connectivity index (χ0v) is 7.56. The zero-order chi connectivity index (χ0) is 8.97. The second-order valence-electron chi connectivity index (χ2n) is 2.39. The van der Waals surface area contributed by atoms with Crippen LogP contribution < -0.4 is 5.32 Å². The largest absolute Gasteiger partial charge is 0.378 e. The van der Waals surface area contributed by atoms with Crippen LogP contribution in [0.3, 0.4) is 0 Å². The van der Waals surface area contributed by atoms with Gasteiger partial charge in [-0.25, -0.2) is 0 Å². The number of nitriles is 1. The number of hydrogen-bond acceptors (Lipinski definition) is 4. The summed E-state index contributed by atoms with van der Waals surface area (Å²) in [6.07, 6.45) is 0.0400. The van der Waals surface area contributed by atoms with Crippen molar-refractivity contribution in [2.75, 3.05) is 7.05 Å². The van der Waals surface area contributed by atoms with Crippen LogP contribution in [0.2, 0.25) is 0 Å². The van der Waals surface area contributed by atoms with Gasteiger partial charge in [-0.15, -0.1) is 11.3 Å². The van der Waals surface area contributed by atoms with E-state index in [1.54, 1.807) is 13.1 Å². The van der Waals surface area contributed by atoms with Crippen molar-refractivity contribution in [1.82, 2.24) is 5.32 Å². The van der Waals surface area contributed by atoms with Crippen LogP contribution in [-0.2, 0) is 6.42 Å². The molecule has 0 spiro atoms. The highest BCUT2D eigenvalue weighted by Crippen LogP contribution is 2.16. The van der Waals surface area contributed by atoms with E-state index in [-0.39, 0.29) is 0 Å². The molecule has 0 aromatic carbocycles. The minimum Gasteiger partial charge on any atom is -0.378 e. The third kappa shape index (κ3) is 2.31. The first-order valence-electron chi connectivity index (χ1n) is 3.60. The van der Waals surface area contributed by atoms with Gasteiger partial charge in [0.2, 0.25) is 0 Å². The summed E-state index contributed by atoms with van der Waals surface area (Å²) in [6, 6.07) is 5.69. The van der Waals surface area contributed by atoms with Crippen molar-refractivity contribution >= 4 is 11.3 Å². The maximum Gasteiger partial charge on any atom is 0.110 e. The Hall–Kier alpha value is -0.890. The van der Waals surface area contributed by atoms with E-state index >= 15 is 0 Å². The molecule has 3 nitrogen and oxygen atoms in total. The molecule has 0 bridgehead atoms. The van der Waals surface area contributed by atoms with E-state index in [4.69, 9.17) is 5.26 Å². The molecule has 0 fully saturated rings. The first kappa shape index (κ1) is 9.20. The molecule has 1 rings (SSSR count). The van der Waals surface area contributed by atoms with E-state index in [2.05, 4.69) is 11.4 Å². The molecule has 4 heteroatoms. The lowest BCUT2D eigenvalue weighted by Crippen LogP contribution is -2.26. The van der Waals surface area contributed by atoms with Crippen LogP contribution >= 0.6 is 11.3 Å². The Morgan fingerprint density at radius 1 is 1.75 bits per heavy atom. The number of aliphatic hydroxyl groups is 1. The third-order valence-electron chi connectivity index (χ3n) is 1.50. The van der Waals surface area contributed by atoms with E-state index in [0.717, 1.165) is 4.88 Å². The molecule has 0 aliphatic heterocycles. The SMILES string of the molecule is CNC(O)Cc1ccc(C#N)s1. The molecule has 1 unspecified atom stereocenters. The molecular weight excluding hydrogens is 172 g/mol. The van der Waals surface area contributed by atoms with Crippen molar-refractivity contribution in [3.05, 3.63) is 21.9 Å². The summed E-state index contributed by atoms with van der Waals surface area (Å²) in [5.41, 5.74) is 0. The highest BCUT2D eigenvalue weighted by atomic mass is 32.1. The van der Waals surface area contributed by atoms with Crippen molar-refractivity contribution in [3.8, 4) is 6.07 Å². The van der Waals surface area contributed by atoms with E-state index in [0.29, 0.717) is 11.3 Å². The predicted octanol–water partition coefficient (Wildman–Crippen LogP) is 0.700. The second kappa shape index (κ2) is 4.21. The molecule has 1 aromatic rings. The Kier molecular flexibility index (Phi) is 3.23. The summed E-state index contributed by atoms with van der Waals surface area (Å²) in [7, 11) is 1.70. The minimum absolute atomic E-state index is 0.518. The first-order valence-corrected chi connectivity index (χ1v) is 4.42. The second-order valence-corrected chi connectivity index (χ2v) is 3.55. The Morgan fingerprint density at radius 3 is 3.00 bits per heavy atom. The van der Waals surface area contributed by atoms with Gasteiger partial charge in [-0.2, -0.15) is 5.26 Å². The quantitative estimate of drug-likeness (QED) is 0.676. The van der Waals surface area contributed by atoms with Gasteiger partial charge in [-0.1, -0.05) is 0 Å². The summed E-state index contributed by atoms with van der Waals surface area (Å²) in [5, 5.41) is 20.5. The van der Waals surface area contributed by atoms with Crippen molar-refractivity contribution in [3.63, 3.8) is 0 Å². The summed E-state index contributed by atoms with van der Waals surface area (Å²) in [6.45, 7) is 0. The number of rotatable bonds is 3. The molecule has 0 saturated carbocycles. The lowest BCUT2D eigenvalue weighted by atomic mass is 10.3. The number of hydrogen-bond donors (Lipinski definition) is 2. The number of nitrogens with zero attached hydrogens (tertiary/aromatic N) is 1. The molecule has 0 amide bonds. The number of aliphatic hydroxyl groups excluding tert-OH is 1. The van der Waals surface area contributed by atoms with Crippen LogP contribution in [0.25, 0.3) is 0 Å². The van der Waals surface area contributed by atoms with Crippen LogP contribution in [-0.4, -0.2) is 18.4 Å². The van der Waals surface area contributed by atoms with E-state index in [9.17, 15) is 5.11 Å². The summed E-state index contributed by atoms with van der Waals surface area (Å²) in [4.78, 5) is 1.71. The molecule has 0 radical (unpaired) electrons. The highest BCUT2D eigenvalue weighted by Gasteiger charge is 2.04. The van der Waals surface area contributed by atoms with Gasteiger partial charge in [-0.05, 0) is 19.2 Å². The van der Waals surface area contributed by atoms with Gasteiger partial charge >= 0.3 is 0 Å². The fourth-order valence-corrected chi connectivity index (χ4v) is 1.68. The fraction of sp³-hybridized carbons (Fsp3) is 0.375.